The molecule has 0 saturated heterocycles. The molecule has 26 heavy (non-hydrogen) atoms. The minimum Gasteiger partial charge on any atom is -0.497 e. The van der Waals surface area contributed by atoms with Gasteiger partial charge in [-0.1, -0.05) is 19.1 Å². The van der Waals surface area contributed by atoms with E-state index in [1.807, 2.05) is 53.9 Å². The van der Waals surface area contributed by atoms with Gasteiger partial charge >= 0.3 is 0 Å². The maximum absolute atomic E-state index is 5.73. The lowest BCUT2D eigenvalue weighted by molar-refractivity contribution is 0.317. The minimum atomic E-state index is 0.690. The summed E-state index contributed by atoms with van der Waals surface area (Å²) in [5, 5.41) is 7.02. The van der Waals surface area contributed by atoms with Crippen LogP contribution in [0, 0.1) is 0 Å². The van der Waals surface area contributed by atoms with Gasteiger partial charge in [0.25, 0.3) is 0 Å². The van der Waals surface area contributed by atoms with E-state index >= 15 is 0 Å². The summed E-state index contributed by atoms with van der Waals surface area (Å²) in [6.07, 6.45) is 2.72. The van der Waals surface area contributed by atoms with Crippen LogP contribution >= 0.6 is 11.3 Å². The van der Waals surface area contributed by atoms with Gasteiger partial charge in [-0.05, 0) is 42.8 Å². The molecular formula is C20H21N3O2S. The molecule has 0 fully saturated rings. The number of hydrogen-bond donors (Lipinski definition) is 1. The average Bonchev–Trinajstić information content (AvgIpc) is 3.16. The Labute approximate surface area is 157 Å². The molecule has 5 nitrogen and oxygen atoms in total. The summed E-state index contributed by atoms with van der Waals surface area (Å²) in [5.74, 6) is 1.66. The fourth-order valence-corrected chi connectivity index (χ4v) is 2.98. The first-order chi connectivity index (χ1) is 12.8. The number of ether oxygens (including phenoxy) is 2. The zero-order valence-electron chi connectivity index (χ0n) is 14.8. The molecule has 0 saturated carbocycles. The van der Waals surface area contributed by atoms with Gasteiger partial charge < -0.3 is 9.47 Å². The van der Waals surface area contributed by atoms with Crippen molar-refractivity contribution < 1.29 is 9.47 Å². The topological polar surface area (TPSA) is 55.7 Å². The van der Waals surface area contributed by atoms with Gasteiger partial charge in [-0.2, -0.15) is 5.10 Å². The first-order valence-electron chi connectivity index (χ1n) is 8.41. The van der Waals surface area contributed by atoms with Gasteiger partial charge in [0.15, 0.2) is 0 Å². The predicted molar refractivity (Wildman–Crippen MR) is 108 cm³/mol. The number of methoxy groups -OCH3 is 1. The molecule has 2 aromatic carbocycles. The van der Waals surface area contributed by atoms with E-state index in [9.17, 15) is 0 Å². The third-order valence-corrected chi connectivity index (χ3v) is 4.38. The van der Waals surface area contributed by atoms with Gasteiger partial charge in [0.05, 0.1) is 25.6 Å². The average molecular weight is 367 g/mol. The van der Waals surface area contributed by atoms with Gasteiger partial charge in [0.2, 0.25) is 5.13 Å². The number of anilines is 1. The maximum Gasteiger partial charge on any atom is 0.203 e. The predicted octanol–water partition coefficient (Wildman–Crippen LogP) is 5.05. The molecule has 0 atom stereocenters. The SMILES string of the molecule is CCCOc1ccccc1/C=N\Nc1nc(-c2ccc(OC)cc2)cs1. The van der Waals surface area contributed by atoms with E-state index in [1.54, 1.807) is 13.3 Å². The van der Waals surface area contributed by atoms with Gasteiger partial charge in [-0.25, -0.2) is 4.98 Å². The molecule has 134 valence electrons. The Morgan fingerprint density at radius 2 is 1.96 bits per heavy atom. The molecule has 0 aliphatic rings. The van der Waals surface area contributed by atoms with Gasteiger partial charge in [-0.3, -0.25) is 5.43 Å². The molecule has 3 aromatic rings. The smallest absolute Gasteiger partial charge is 0.203 e. The highest BCUT2D eigenvalue weighted by molar-refractivity contribution is 7.14. The molecule has 3 rings (SSSR count). The van der Waals surface area contributed by atoms with Crippen LogP contribution in [0.1, 0.15) is 18.9 Å². The zero-order valence-corrected chi connectivity index (χ0v) is 15.6. The van der Waals surface area contributed by atoms with Gasteiger partial charge in [0, 0.05) is 16.5 Å². The fraction of sp³-hybridized carbons (Fsp3) is 0.200. The molecule has 1 N–H and O–H groups in total. The number of aromatic nitrogens is 1. The van der Waals surface area contributed by atoms with Crippen molar-refractivity contribution in [1.29, 1.82) is 0 Å². The Balaban J connectivity index is 1.65. The van der Waals surface area contributed by atoms with Crippen molar-refractivity contribution >= 4 is 22.7 Å². The lowest BCUT2D eigenvalue weighted by Crippen LogP contribution is -1.99. The molecular weight excluding hydrogens is 346 g/mol. The molecule has 0 radical (unpaired) electrons. The molecule has 0 aliphatic heterocycles. The Bertz CT molecular complexity index is 860. The number of thiazole rings is 1. The Kier molecular flexibility index (Phi) is 6.22. The van der Waals surface area contributed by atoms with Crippen LogP contribution in [0.2, 0.25) is 0 Å². The van der Waals surface area contributed by atoms with Crippen LogP contribution in [0.5, 0.6) is 11.5 Å². The van der Waals surface area contributed by atoms with Crippen molar-refractivity contribution in [2.45, 2.75) is 13.3 Å². The summed E-state index contributed by atoms with van der Waals surface area (Å²) in [5.41, 5.74) is 5.86. The highest BCUT2D eigenvalue weighted by Crippen LogP contribution is 2.26. The summed E-state index contributed by atoms with van der Waals surface area (Å²) >= 11 is 1.51. The van der Waals surface area contributed by atoms with Crippen LogP contribution in [-0.2, 0) is 0 Å². The standard InChI is InChI=1S/C20H21N3O2S/c1-3-12-25-19-7-5-4-6-16(19)13-21-23-20-22-18(14-26-20)15-8-10-17(24-2)11-9-15/h4-11,13-14H,3,12H2,1-2H3,(H,22,23)/b21-13-. The lowest BCUT2D eigenvalue weighted by Gasteiger charge is -2.07. The van der Waals surface area contributed by atoms with E-state index in [0.717, 1.165) is 39.9 Å². The van der Waals surface area contributed by atoms with Crippen LogP contribution in [0.25, 0.3) is 11.3 Å². The number of nitrogens with zero attached hydrogens (tertiary/aromatic N) is 2. The summed E-state index contributed by atoms with van der Waals surface area (Å²) in [4.78, 5) is 4.56. The number of hydrogen-bond acceptors (Lipinski definition) is 6. The van der Waals surface area contributed by atoms with E-state index < -0.39 is 0 Å². The van der Waals surface area contributed by atoms with Crippen LogP contribution in [-0.4, -0.2) is 24.9 Å². The second kappa shape index (κ2) is 9.01. The molecule has 0 amide bonds. The van der Waals surface area contributed by atoms with E-state index in [1.165, 1.54) is 11.3 Å². The third-order valence-electron chi connectivity index (χ3n) is 3.63. The van der Waals surface area contributed by atoms with Crippen molar-refractivity contribution in [3.63, 3.8) is 0 Å². The Morgan fingerprint density at radius 3 is 2.73 bits per heavy atom. The number of para-hydroxylation sites is 1. The quantitative estimate of drug-likeness (QED) is 0.447. The van der Waals surface area contributed by atoms with E-state index in [0.29, 0.717) is 6.61 Å². The first kappa shape index (κ1) is 17.9. The highest BCUT2D eigenvalue weighted by Gasteiger charge is 2.04. The van der Waals surface area contributed by atoms with E-state index in [2.05, 4.69) is 22.4 Å². The monoisotopic (exact) mass is 367 g/mol. The summed E-state index contributed by atoms with van der Waals surface area (Å²) in [6, 6.07) is 15.7. The molecule has 1 heterocycles. The molecule has 6 heteroatoms. The zero-order chi connectivity index (χ0) is 18.2. The van der Waals surface area contributed by atoms with Gasteiger partial charge in [-0.15, -0.1) is 11.3 Å². The van der Waals surface area contributed by atoms with Crippen molar-refractivity contribution in [1.82, 2.24) is 4.98 Å². The highest BCUT2D eigenvalue weighted by atomic mass is 32.1. The van der Waals surface area contributed by atoms with Crippen molar-refractivity contribution in [3.8, 4) is 22.8 Å². The second-order valence-corrected chi connectivity index (χ2v) is 6.38. The van der Waals surface area contributed by atoms with Crippen molar-refractivity contribution in [2.75, 3.05) is 19.1 Å². The molecule has 1 aromatic heterocycles. The normalized spacial score (nSPS) is 10.8. The lowest BCUT2D eigenvalue weighted by atomic mass is 10.2. The second-order valence-electron chi connectivity index (χ2n) is 5.52. The Morgan fingerprint density at radius 1 is 1.15 bits per heavy atom. The fourth-order valence-electron chi connectivity index (χ4n) is 2.31. The van der Waals surface area contributed by atoms with E-state index in [-0.39, 0.29) is 0 Å². The number of benzene rings is 2. The van der Waals surface area contributed by atoms with Crippen molar-refractivity contribution in [3.05, 3.63) is 59.5 Å². The van der Waals surface area contributed by atoms with Crippen LogP contribution in [0.3, 0.4) is 0 Å². The number of rotatable bonds is 8. The van der Waals surface area contributed by atoms with E-state index in [4.69, 9.17) is 9.47 Å². The first-order valence-corrected chi connectivity index (χ1v) is 9.29. The van der Waals surface area contributed by atoms with Crippen molar-refractivity contribution in [2.24, 2.45) is 5.10 Å². The number of hydrazone groups is 1. The number of nitrogens with one attached hydrogen (secondary N) is 1. The van der Waals surface area contributed by atoms with Crippen LogP contribution in [0.15, 0.2) is 59.0 Å². The van der Waals surface area contributed by atoms with Gasteiger partial charge in [0.1, 0.15) is 11.5 Å². The molecule has 0 bridgehead atoms. The summed E-state index contributed by atoms with van der Waals surface area (Å²) < 4.78 is 10.9. The Hall–Kier alpha value is -2.86. The maximum atomic E-state index is 5.73. The van der Waals surface area contributed by atoms with Crippen LogP contribution < -0.4 is 14.9 Å². The molecule has 0 unspecified atom stereocenters. The largest absolute Gasteiger partial charge is 0.497 e. The summed E-state index contributed by atoms with van der Waals surface area (Å²) in [7, 11) is 1.66. The van der Waals surface area contributed by atoms with Crippen LogP contribution in [0.4, 0.5) is 5.13 Å². The molecule has 0 aliphatic carbocycles. The summed E-state index contributed by atoms with van der Waals surface area (Å²) in [6.45, 7) is 2.77. The minimum absolute atomic E-state index is 0.690. The third kappa shape index (κ3) is 4.61. The molecule has 0 spiro atoms.